The van der Waals surface area contributed by atoms with Crippen molar-refractivity contribution in [2.24, 2.45) is 0 Å². The lowest BCUT2D eigenvalue weighted by atomic mass is 10.0. The van der Waals surface area contributed by atoms with Gasteiger partial charge in [0.05, 0.1) is 34.2 Å². The minimum Gasteiger partial charge on any atom is -0.496 e. The van der Waals surface area contributed by atoms with Gasteiger partial charge in [0.25, 0.3) is 0 Å². The molecule has 0 saturated carbocycles. The number of halogens is 3. The first kappa shape index (κ1) is 33.5. The fourth-order valence-electron chi connectivity index (χ4n) is 5.88. The van der Waals surface area contributed by atoms with Gasteiger partial charge in [0.15, 0.2) is 11.6 Å². The van der Waals surface area contributed by atoms with Crippen LogP contribution in [-0.4, -0.2) is 59.0 Å². The van der Waals surface area contributed by atoms with E-state index < -0.39 is 5.82 Å². The summed E-state index contributed by atoms with van der Waals surface area (Å²) in [7, 11) is 1.61. The van der Waals surface area contributed by atoms with Gasteiger partial charge >= 0.3 is 0 Å². The van der Waals surface area contributed by atoms with Gasteiger partial charge in [-0.25, -0.2) is 14.4 Å². The van der Waals surface area contributed by atoms with Crippen molar-refractivity contribution in [3.05, 3.63) is 82.1 Å². The van der Waals surface area contributed by atoms with Crippen LogP contribution in [0, 0.1) is 5.82 Å². The summed E-state index contributed by atoms with van der Waals surface area (Å²) in [4.78, 5) is 35.7. The summed E-state index contributed by atoms with van der Waals surface area (Å²) in [6, 6.07) is 13.1. The zero-order valence-electron chi connectivity index (χ0n) is 26.2. The molecule has 2 aromatic heterocycles. The first-order chi connectivity index (χ1) is 23.3. The van der Waals surface area contributed by atoms with E-state index in [1.165, 1.54) is 6.33 Å². The molecule has 48 heavy (non-hydrogen) atoms. The summed E-state index contributed by atoms with van der Waals surface area (Å²) in [5, 5.41) is 16.1. The molecule has 0 unspecified atom stereocenters. The number of anilines is 2. The van der Waals surface area contributed by atoms with Crippen LogP contribution in [0.25, 0.3) is 22.4 Å². The van der Waals surface area contributed by atoms with Crippen molar-refractivity contribution in [2.75, 3.05) is 25.5 Å². The van der Waals surface area contributed by atoms with E-state index >= 15 is 4.39 Å². The number of benzene rings is 2. The van der Waals surface area contributed by atoms with E-state index in [9.17, 15) is 9.59 Å². The highest BCUT2D eigenvalue weighted by Gasteiger charge is 2.22. The zero-order valence-corrected chi connectivity index (χ0v) is 27.7. The van der Waals surface area contributed by atoms with Gasteiger partial charge in [0.1, 0.15) is 12.1 Å². The third-order valence-corrected chi connectivity index (χ3v) is 9.20. The number of hydrogen-bond acceptors (Lipinski definition) is 9. The van der Waals surface area contributed by atoms with E-state index in [4.69, 9.17) is 27.9 Å². The third-order valence-electron chi connectivity index (χ3n) is 8.41. The van der Waals surface area contributed by atoms with Crippen molar-refractivity contribution in [2.45, 2.75) is 50.9 Å². The van der Waals surface area contributed by atoms with E-state index in [0.29, 0.717) is 70.8 Å². The van der Waals surface area contributed by atoms with Gasteiger partial charge in [-0.2, -0.15) is 0 Å². The molecule has 250 valence electrons. The van der Waals surface area contributed by atoms with Crippen molar-refractivity contribution >= 4 is 46.5 Å². The smallest absolute Gasteiger partial charge is 0.220 e. The number of ether oxygens (including phenoxy) is 1. The molecule has 4 heterocycles. The number of rotatable bonds is 13. The molecule has 11 nitrogen and oxygen atoms in total. The number of carbonyl (C=O) groups is 2. The predicted octanol–water partition coefficient (Wildman–Crippen LogP) is 5.14. The average molecular weight is 694 g/mol. The van der Waals surface area contributed by atoms with Crippen LogP contribution >= 0.6 is 23.2 Å². The topological polar surface area (TPSA) is 142 Å². The molecular formula is C34H35Cl2FN8O3. The summed E-state index contributed by atoms with van der Waals surface area (Å²) in [5.74, 6) is 0.160. The van der Waals surface area contributed by atoms with E-state index in [-0.39, 0.29) is 42.0 Å². The second-order valence-electron chi connectivity index (χ2n) is 11.7. The lowest BCUT2D eigenvalue weighted by Crippen LogP contribution is -2.35. The number of methoxy groups -OCH3 is 1. The Balaban J connectivity index is 1.17. The molecule has 5 N–H and O–H groups in total. The maximum Gasteiger partial charge on any atom is 0.220 e. The molecule has 14 heteroatoms. The summed E-state index contributed by atoms with van der Waals surface area (Å²) in [6.07, 6.45) is 5.57. The number of nitrogens with one attached hydrogen (secondary N) is 5. The highest BCUT2D eigenvalue weighted by Crippen LogP contribution is 2.41. The molecule has 4 aromatic rings. The molecule has 0 spiro atoms. The Kier molecular flexibility index (Phi) is 10.7. The van der Waals surface area contributed by atoms with E-state index in [2.05, 4.69) is 41.5 Å². The first-order valence-electron chi connectivity index (χ1n) is 15.7. The maximum atomic E-state index is 15.4. The SMILES string of the molecule is COc1cc(-c2nccc(-c3cccc(Nc4ncnc(CNC[C@@H]5CCC(=O)N5)c4F)c3Cl)c2Cl)ccc1CNC[C@@H]1CCC(=O)N1. The summed E-state index contributed by atoms with van der Waals surface area (Å²) >= 11 is 13.9. The lowest BCUT2D eigenvalue weighted by Gasteiger charge is -2.16. The molecule has 0 bridgehead atoms. The molecule has 2 aromatic carbocycles. The van der Waals surface area contributed by atoms with E-state index in [0.717, 1.165) is 24.0 Å². The van der Waals surface area contributed by atoms with Crippen LogP contribution in [-0.2, 0) is 22.7 Å². The van der Waals surface area contributed by atoms with Gasteiger partial charge in [-0.15, -0.1) is 0 Å². The molecule has 0 aliphatic carbocycles. The Hall–Kier alpha value is -4.36. The minimum atomic E-state index is -0.607. The van der Waals surface area contributed by atoms with Crippen LogP contribution in [0.3, 0.4) is 0 Å². The van der Waals surface area contributed by atoms with Crippen LogP contribution in [0.4, 0.5) is 15.9 Å². The Morgan fingerprint density at radius 2 is 1.60 bits per heavy atom. The summed E-state index contributed by atoms with van der Waals surface area (Å²) < 4.78 is 21.1. The normalized spacial score (nSPS) is 17.3. The maximum absolute atomic E-state index is 15.4. The molecule has 2 fully saturated rings. The quantitative estimate of drug-likeness (QED) is 0.129. The minimum absolute atomic E-state index is 0.0181. The standard InChI is InChI=1S/C34H35Cl2FN8O3/c1-48-27-13-19(5-6-20(27)14-38-15-21-7-9-28(46)43-21)33-31(36)24(11-12-40-33)23-3-2-4-25(30(23)35)45-34-32(37)26(41-18-42-34)17-39-16-22-8-10-29(47)44-22/h2-6,11-13,18,21-22,38-39H,7-10,14-17H2,1H3,(H,43,46)(H,44,47)(H,41,42,45)/t21-,22-/m0/s1. The Bertz CT molecular complexity index is 1830. The van der Waals surface area contributed by atoms with E-state index in [1.54, 1.807) is 31.5 Å². The fraction of sp³-hybridized carbons (Fsp3) is 0.324. The molecular weight excluding hydrogens is 658 g/mol. The average Bonchev–Trinajstić information content (AvgIpc) is 3.70. The second-order valence-corrected chi connectivity index (χ2v) is 12.4. The number of amides is 2. The van der Waals surface area contributed by atoms with Crippen molar-refractivity contribution in [3.8, 4) is 28.1 Å². The van der Waals surface area contributed by atoms with Crippen LogP contribution < -0.4 is 31.3 Å². The second kappa shape index (κ2) is 15.2. The number of nitrogens with zero attached hydrogens (tertiary/aromatic N) is 3. The number of pyridine rings is 1. The van der Waals surface area contributed by atoms with Crippen molar-refractivity contribution in [3.63, 3.8) is 0 Å². The Morgan fingerprint density at radius 3 is 2.29 bits per heavy atom. The highest BCUT2D eigenvalue weighted by atomic mass is 35.5. The van der Waals surface area contributed by atoms with Gasteiger partial charge < -0.3 is 31.3 Å². The van der Waals surface area contributed by atoms with Crippen molar-refractivity contribution < 1.29 is 18.7 Å². The lowest BCUT2D eigenvalue weighted by molar-refractivity contribution is -0.120. The van der Waals surface area contributed by atoms with Crippen LogP contribution in [0.2, 0.25) is 10.0 Å². The molecule has 2 aliphatic heterocycles. The zero-order chi connectivity index (χ0) is 33.6. The highest BCUT2D eigenvalue weighted by molar-refractivity contribution is 6.39. The van der Waals surface area contributed by atoms with Crippen molar-refractivity contribution in [1.82, 2.24) is 36.2 Å². The molecule has 2 aliphatic rings. The van der Waals surface area contributed by atoms with Gasteiger partial charge in [-0.1, -0.05) is 47.5 Å². The van der Waals surface area contributed by atoms with Crippen LogP contribution in [0.5, 0.6) is 5.75 Å². The third kappa shape index (κ3) is 7.68. The van der Waals surface area contributed by atoms with E-state index in [1.807, 2.05) is 24.3 Å². The van der Waals surface area contributed by atoms with Crippen LogP contribution in [0.15, 0.2) is 55.0 Å². The molecule has 0 radical (unpaired) electrons. The fourth-order valence-corrected chi connectivity index (χ4v) is 6.48. The first-order valence-corrected chi connectivity index (χ1v) is 16.4. The molecule has 2 saturated heterocycles. The summed E-state index contributed by atoms with van der Waals surface area (Å²) in [5.41, 5.74) is 4.15. The largest absolute Gasteiger partial charge is 0.496 e. The predicted molar refractivity (Wildman–Crippen MR) is 183 cm³/mol. The van der Waals surface area contributed by atoms with Gasteiger partial charge in [-0.05, 0) is 31.0 Å². The molecule has 2 atom stereocenters. The molecule has 2 amide bonds. The van der Waals surface area contributed by atoms with Crippen molar-refractivity contribution in [1.29, 1.82) is 0 Å². The van der Waals surface area contributed by atoms with Gasteiger partial charge in [-0.3, -0.25) is 14.6 Å². The number of carbonyl (C=O) groups excluding carboxylic acids is 2. The summed E-state index contributed by atoms with van der Waals surface area (Å²) in [6.45, 7) is 1.92. The number of hydrogen-bond donors (Lipinski definition) is 5. The van der Waals surface area contributed by atoms with Gasteiger partial charge in [0, 0.05) is 79.6 Å². The Morgan fingerprint density at radius 1 is 0.896 bits per heavy atom. The van der Waals surface area contributed by atoms with Crippen LogP contribution in [0.1, 0.15) is 36.9 Å². The number of aromatic nitrogens is 3. The Labute approximate surface area is 287 Å². The monoisotopic (exact) mass is 692 g/mol. The van der Waals surface area contributed by atoms with Gasteiger partial charge in [0.2, 0.25) is 11.8 Å². The molecule has 6 rings (SSSR count).